The van der Waals surface area contributed by atoms with Crippen LogP contribution < -0.4 is 10.6 Å². The van der Waals surface area contributed by atoms with Crippen molar-refractivity contribution in [2.45, 2.75) is 38.6 Å². The Kier molecular flexibility index (Phi) is 3.43. The molecule has 17 heavy (non-hydrogen) atoms. The Morgan fingerprint density at radius 1 is 1.53 bits per heavy atom. The Hall–Kier alpha value is -1.42. The topological polar surface area (TPSA) is 54.0 Å². The maximum atomic E-state index is 12.2. The second kappa shape index (κ2) is 4.84. The second-order valence-electron chi connectivity index (χ2n) is 4.86. The Labute approximate surface area is 102 Å². The average Bonchev–Trinajstić information content (AvgIpc) is 2.33. The Morgan fingerprint density at radius 2 is 2.35 bits per heavy atom. The van der Waals surface area contributed by atoms with Crippen LogP contribution >= 0.6 is 0 Å². The molecule has 2 N–H and O–H groups in total. The zero-order valence-electron chi connectivity index (χ0n) is 10.4. The van der Waals surface area contributed by atoms with Gasteiger partial charge in [-0.3, -0.25) is 9.78 Å². The lowest BCUT2D eigenvalue weighted by atomic mass is 9.90. The van der Waals surface area contributed by atoms with Gasteiger partial charge in [0.15, 0.2) is 0 Å². The summed E-state index contributed by atoms with van der Waals surface area (Å²) in [5, 5.41) is 6.26. The van der Waals surface area contributed by atoms with Crippen molar-refractivity contribution in [3.05, 3.63) is 24.0 Å². The normalized spacial score (nSPS) is 24.4. The van der Waals surface area contributed by atoms with Gasteiger partial charge in [-0.2, -0.15) is 0 Å². The van der Waals surface area contributed by atoms with E-state index in [0.29, 0.717) is 0 Å². The number of hydrogen-bond acceptors (Lipinski definition) is 3. The van der Waals surface area contributed by atoms with E-state index in [1.54, 1.807) is 12.4 Å². The first-order chi connectivity index (χ1) is 8.12. The van der Waals surface area contributed by atoms with Crippen molar-refractivity contribution in [1.29, 1.82) is 0 Å². The summed E-state index contributed by atoms with van der Waals surface area (Å²) in [6.07, 6.45) is 6.56. The van der Waals surface area contributed by atoms with Crippen molar-refractivity contribution in [3.63, 3.8) is 0 Å². The summed E-state index contributed by atoms with van der Waals surface area (Å²) in [4.78, 5) is 16.3. The lowest BCUT2D eigenvalue weighted by Crippen LogP contribution is -2.54. The van der Waals surface area contributed by atoms with Crippen molar-refractivity contribution in [2.24, 2.45) is 0 Å². The number of amides is 1. The number of carbonyl (C=O) groups excluding carboxylic acids is 1. The summed E-state index contributed by atoms with van der Waals surface area (Å²) in [5.74, 6) is 0.0355. The summed E-state index contributed by atoms with van der Waals surface area (Å²) in [6.45, 7) is 4.84. The molecule has 1 saturated heterocycles. The SMILES string of the molecule is Cc1ccncc1NC(=O)C1(C)CCCCN1. The molecule has 0 aromatic carbocycles. The van der Waals surface area contributed by atoms with Crippen molar-refractivity contribution in [1.82, 2.24) is 10.3 Å². The van der Waals surface area contributed by atoms with Gasteiger partial charge in [0, 0.05) is 6.20 Å². The molecule has 92 valence electrons. The fraction of sp³-hybridized carbons (Fsp3) is 0.538. The number of rotatable bonds is 2. The molecule has 0 spiro atoms. The maximum absolute atomic E-state index is 12.2. The van der Waals surface area contributed by atoms with Crippen LogP contribution in [0.1, 0.15) is 31.7 Å². The number of nitrogens with zero attached hydrogens (tertiary/aromatic N) is 1. The predicted molar refractivity (Wildman–Crippen MR) is 67.9 cm³/mol. The van der Waals surface area contributed by atoms with Crippen molar-refractivity contribution in [2.75, 3.05) is 11.9 Å². The molecule has 4 heteroatoms. The standard InChI is InChI=1S/C13H19N3O/c1-10-5-8-14-9-11(10)16-12(17)13(2)6-3-4-7-15-13/h5,8-9,15H,3-4,6-7H2,1-2H3,(H,16,17). The average molecular weight is 233 g/mol. The van der Waals surface area contributed by atoms with E-state index in [9.17, 15) is 4.79 Å². The van der Waals surface area contributed by atoms with Crippen LogP contribution in [0.3, 0.4) is 0 Å². The number of piperidine rings is 1. The molecule has 1 unspecified atom stereocenters. The molecule has 2 rings (SSSR count). The first-order valence-corrected chi connectivity index (χ1v) is 6.09. The van der Waals surface area contributed by atoms with E-state index in [4.69, 9.17) is 0 Å². The van der Waals surface area contributed by atoms with Crippen LogP contribution in [0.25, 0.3) is 0 Å². The van der Waals surface area contributed by atoms with Gasteiger partial charge in [0.2, 0.25) is 5.91 Å². The molecule has 0 aliphatic carbocycles. The number of carbonyl (C=O) groups is 1. The smallest absolute Gasteiger partial charge is 0.244 e. The minimum Gasteiger partial charge on any atom is -0.323 e. The van der Waals surface area contributed by atoms with Gasteiger partial charge in [0.1, 0.15) is 0 Å². The highest BCUT2D eigenvalue weighted by molar-refractivity contribution is 5.98. The number of nitrogens with one attached hydrogen (secondary N) is 2. The molecule has 1 aliphatic rings. The maximum Gasteiger partial charge on any atom is 0.244 e. The Balaban J connectivity index is 2.08. The van der Waals surface area contributed by atoms with Crippen molar-refractivity contribution >= 4 is 11.6 Å². The molecule has 0 radical (unpaired) electrons. The molecule has 4 nitrogen and oxygen atoms in total. The van der Waals surface area contributed by atoms with Crippen LogP contribution in [0.4, 0.5) is 5.69 Å². The van der Waals surface area contributed by atoms with Crippen molar-refractivity contribution < 1.29 is 4.79 Å². The molecular weight excluding hydrogens is 214 g/mol. The Bertz CT molecular complexity index is 411. The molecule has 1 atom stereocenters. The third kappa shape index (κ3) is 2.64. The molecule has 1 aromatic heterocycles. The number of aromatic nitrogens is 1. The van der Waals surface area contributed by atoms with Gasteiger partial charge in [-0.1, -0.05) is 0 Å². The molecule has 0 bridgehead atoms. The summed E-state index contributed by atoms with van der Waals surface area (Å²) < 4.78 is 0. The van der Waals surface area contributed by atoms with Gasteiger partial charge >= 0.3 is 0 Å². The predicted octanol–water partition coefficient (Wildman–Crippen LogP) is 1.86. The quantitative estimate of drug-likeness (QED) is 0.819. The van der Waals surface area contributed by atoms with Gasteiger partial charge < -0.3 is 10.6 Å². The van der Waals surface area contributed by atoms with Gasteiger partial charge in [-0.05, 0) is 51.3 Å². The van der Waals surface area contributed by atoms with E-state index < -0.39 is 5.54 Å². The van der Waals surface area contributed by atoms with Crippen LogP contribution in [0.5, 0.6) is 0 Å². The minimum absolute atomic E-state index is 0.0355. The first-order valence-electron chi connectivity index (χ1n) is 6.09. The van der Waals surface area contributed by atoms with Crippen LogP contribution in [0.15, 0.2) is 18.5 Å². The third-order valence-corrected chi connectivity index (χ3v) is 3.41. The lowest BCUT2D eigenvalue weighted by molar-refractivity contribution is -0.122. The highest BCUT2D eigenvalue weighted by atomic mass is 16.2. The Morgan fingerprint density at radius 3 is 3.00 bits per heavy atom. The van der Waals surface area contributed by atoms with E-state index in [2.05, 4.69) is 15.6 Å². The molecular formula is C13H19N3O. The van der Waals surface area contributed by atoms with E-state index in [1.165, 1.54) is 0 Å². The summed E-state index contributed by atoms with van der Waals surface area (Å²) >= 11 is 0. The third-order valence-electron chi connectivity index (χ3n) is 3.41. The largest absolute Gasteiger partial charge is 0.323 e. The van der Waals surface area contributed by atoms with Gasteiger partial charge in [0.05, 0.1) is 17.4 Å². The number of pyridine rings is 1. The number of hydrogen-bond donors (Lipinski definition) is 2. The molecule has 1 fully saturated rings. The number of aryl methyl sites for hydroxylation is 1. The second-order valence-corrected chi connectivity index (χ2v) is 4.86. The van der Waals surface area contributed by atoms with Gasteiger partial charge in [-0.25, -0.2) is 0 Å². The fourth-order valence-corrected chi connectivity index (χ4v) is 2.11. The zero-order chi connectivity index (χ0) is 12.3. The number of anilines is 1. The highest BCUT2D eigenvalue weighted by Crippen LogP contribution is 2.21. The van der Waals surface area contributed by atoms with Crippen LogP contribution in [-0.2, 0) is 4.79 Å². The van der Waals surface area contributed by atoms with E-state index in [-0.39, 0.29) is 5.91 Å². The van der Waals surface area contributed by atoms with Crippen LogP contribution in [0, 0.1) is 6.92 Å². The van der Waals surface area contributed by atoms with E-state index in [1.807, 2.05) is 19.9 Å². The fourth-order valence-electron chi connectivity index (χ4n) is 2.11. The molecule has 0 saturated carbocycles. The van der Waals surface area contributed by atoms with E-state index >= 15 is 0 Å². The molecule has 2 heterocycles. The summed E-state index contributed by atoms with van der Waals surface area (Å²) in [7, 11) is 0. The zero-order valence-corrected chi connectivity index (χ0v) is 10.4. The van der Waals surface area contributed by atoms with Gasteiger partial charge in [0.25, 0.3) is 0 Å². The molecule has 1 aromatic rings. The van der Waals surface area contributed by atoms with Gasteiger partial charge in [-0.15, -0.1) is 0 Å². The molecule has 1 aliphatic heterocycles. The monoisotopic (exact) mass is 233 g/mol. The van der Waals surface area contributed by atoms with Crippen LogP contribution in [0.2, 0.25) is 0 Å². The highest BCUT2D eigenvalue weighted by Gasteiger charge is 2.34. The van der Waals surface area contributed by atoms with Crippen LogP contribution in [-0.4, -0.2) is 23.0 Å². The van der Waals surface area contributed by atoms with Crippen molar-refractivity contribution in [3.8, 4) is 0 Å². The molecule has 1 amide bonds. The van der Waals surface area contributed by atoms with E-state index in [0.717, 1.165) is 37.1 Å². The summed E-state index contributed by atoms with van der Waals surface area (Å²) in [6, 6.07) is 1.90. The summed E-state index contributed by atoms with van der Waals surface area (Å²) in [5.41, 5.74) is 1.39. The lowest BCUT2D eigenvalue weighted by Gasteiger charge is -2.33. The first kappa shape index (κ1) is 12.0. The minimum atomic E-state index is -0.444.